The summed E-state index contributed by atoms with van der Waals surface area (Å²) in [5.74, 6) is -3.11. The number of hydrogen-bond acceptors (Lipinski definition) is 5. The van der Waals surface area contributed by atoms with E-state index in [0.717, 1.165) is 43.9 Å². The van der Waals surface area contributed by atoms with Gasteiger partial charge in [-0.3, -0.25) is 19.7 Å². The normalized spacial score (nSPS) is 17.4. The minimum Gasteiger partial charge on any atom is -0.481 e. The third-order valence-corrected chi connectivity index (χ3v) is 8.22. The first-order valence-corrected chi connectivity index (χ1v) is 14.3. The van der Waals surface area contributed by atoms with Gasteiger partial charge in [0.2, 0.25) is 21.8 Å². The molecular weight excluding hydrogens is 480 g/mol. The molecule has 2 amide bonds. The fraction of sp³-hybridized carbons (Fsp3) is 0.519. The van der Waals surface area contributed by atoms with E-state index in [1.165, 1.54) is 31.4 Å². The van der Waals surface area contributed by atoms with Gasteiger partial charge in [-0.25, -0.2) is 8.42 Å². The predicted octanol–water partition coefficient (Wildman–Crippen LogP) is 4.53. The lowest BCUT2D eigenvalue weighted by Gasteiger charge is -2.20. The number of benzene rings is 2. The van der Waals surface area contributed by atoms with Gasteiger partial charge < -0.3 is 5.11 Å². The summed E-state index contributed by atoms with van der Waals surface area (Å²) < 4.78 is 28.2. The van der Waals surface area contributed by atoms with Gasteiger partial charge in [-0.05, 0) is 35.7 Å². The Morgan fingerprint density at radius 3 is 1.97 bits per heavy atom. The maximum absolute atomic E-state index is 13.0. The van der Waals surface area contributed by atoms with Crippen LogP contribution in [-0.4, -0.2) is 37.3 Å². The van der Waals surface area contributed by atoms with Crippen molar-refractivity contribution >= 4 is 38.6 Å². The SMILES string of the molecule is O=C(O)C[C@H](NS(=O)(=O)c1ccc2ccccc2c1)C(=O)NC(=O)C1CCCCCCCCCCC1. The van der Waals surface area contributed by atoms with E-state index in [9.17, 15) is 27.9 Å². The number of nitrogens with one attached hydrogen (secondary N) is 2. The fourth-order valence-electron chi connectivity index (χ4n) is 4.69. The molecule has 0 radical (unpaired) electrons. The molecular formula is C27H36N2O6S. The highest BCUT2D eigenvalue weighted by molar-refractivity contribution is 7.89. The van der Waals surface area contributed by atoms with E-state index in [2.05, 4.69) is 10.0 Å². The molecule has 9 heteroatoms. The van der Waals surface area contributed by atoms with E-state index in [1.54, 1.807) is 18.2 Å². The van der Waals surface area contributed by atoms with Crippen molar-refractivity contribution in [3.05, 3.63) is 42.5 Å². The molecule has 0 spiro atoms. The molecule has 2 aromatic carbocycles. The maximum atomic E-state index is 13.0. The van der Waals surface area contributed by atoms with E-state index in [4.69, 9.17) is 0 Å². The van der Waals surface area contributed by atoms with E-state index in [0.29, 0.717) is 18.2 Å². The van der Waals surface area contributed by atoms with Crippen LogP contribution in [0.1, 0.15) is 77.0 Å². The fourth-order valence-corrected chi connectivity index (χ4v) is 5.92. The zero-order valence-corrected chi connectivity index (χ0v) is 21.4. The van der Waals surface area contributed by atoms with Crippen LogP contribution in [0.3, 0.4) is 0 Å². The van der Waals surface area contributed by atoms with Crippen molar-refractivity contribution in [2.45, 2.75) is 88.0 Å². The Labute approximate surface area is 212 Å². The van der Waals surface area contributed by atoms with Gasteiger partial charge in [-0.2, -0.15) is 4.72 Å². The van der Waals surface area contributed by atoms with Crippen LogP contribution in [0.2, 0.25) is 0 Å². The molecule has 0 bridgehead atoms. The first kappa shape index (κ1) is 27.8. The maximum Gasteiger partial charge on any atom is 0.305 e. The summed E-state index contributed by atoms with van der Waals surface area (Å²) in [6.07, 6.45) is 10.3. The second kappa shape index (κ2) is 13.5. The highest BCUT2D eigenvalue weighted by Crippen LogP contribution is 2.22. The third-order valence-electron chi connectivity index (χ3n) is 6.75. The number of carbonyl (C=O) groups is 3. The minimum absolute atomic E-state index is 0.0879. The van der Waals surface area contributed by atoms with E-state index < -0.39 is 40.3 Å². The van der Waals surface area contributed by atoms with Crippen LogP contribution in [0.25, 0.3) is 10.8 Å². The summed E-state index contributed by atoms with van der Waals surface area (Å²) in [4.78, 5) is 37.2. The van der Waals surface area contributed by atoms with Crippen molar-refractivity contribution in [3.63, 3.8) is 0 Å². The number of imide groups is 1. The lowest BCUT2D eigenvalue weighted by atomic mass is 9.92. The van der Waals surface area contributed by atoms with Crippen LogP contribution in [0.5, 0.6) is 0 Å². The highest BCUT2D eigenvalue weighted by Gasteiger charge is 2.30. The Kier molecular flexibility index (Phi) is 10.4. The molecule has 3 rings (SSSR count). The van der Waals surface area contributed by atoms with Crippen LogP contribution in [0.15, 0.2) is 47.4 Å². The van der Waals surface area contributed by atoms with Crippen molar-refractivity contribution in [2.24, 2.45) is 5.92 Å². The van der Waals surface area contributed by atoms with Gasteiger partial charge in [-0.1, -0.05) is 88.1 Å². The van der Waals surface area contributed by atoms with E-state index >= 15 is 0 Å². The summed E-state index contributed by atoms with van der Waals surface area (Å²) >= 11 is 0. The van der Waals surface area contributed by atoms with E-state index in [-0.39, 0.29) is 10.8 Å². The Morgan fingerprint density at radius 1 is 0.833 bits per heavy atom. The van der Waals surface area contributed by atoms with Crippen molar-refractivity contribution in [1.82, 2.24) is 10.0 Å². The lowest BCUT2D eigenvalue weighted by Crippen LogP contribution is -2.50. The average molecular weight is 517 g/mol. The smallest absolute Gasteiger partial charge is 0.305 e. The molecule has 0 unspecified atom stereocenters. The zero-order valence-electron chi connectivity index (χ0n) is 20.6. The molecule has 2 aromatic rings. The van der Waals surface area contributed by atoms with Crippen molar-refractivity contribution in [3.8, 4) is 0 Å². The van der Waals surface area contributed by atoms with Crippen LogP contribution in [0, 0.1) is 5.92 Å². The summed E-state index contributed by atoms with van der Waals surface area (Å²) in [5, 5.41) is 13.1. The number of carbonyl (C=O) groups excluding carboxylic acids is 2. The molecule has 0 heterocycles. The Hall–Kier alpha value is -2.78. The summed E-state index contributed by atoms with van der Waals surface area (Å²) in [5.41, 5.74) is 0. The second-order valence-electron chi connectivity index (χ2n) is 9.59. The summed E-state index contributed by atoms with van der Waals surface area (Å²) in [6.45, 7) is 0. The number of rotatable bonds is 7. The Morgan fingerprint density at radius 2 is 1.39 bits per heavy atom. The van der Waals surface area contributed by atoms with Gasteiger partial charge in [0.25, 0.3) is 0 Å². The first-order chi connectivity index (χ1) is 17.3. The Bertz CT molecular complexity index is 1150. The van der Waals surface area contributed by atoms with Crippen molar-refractivity contribution in [1.29, 1.82) is 0 Å². The Balaban J connectivity index is 1.70. The van der Waals surface area contributed by atoms with Crippen LogP contribution >= 0.6 is 0 Å². The number of carboxylic acids is 1. The molecule has 36 heavy (non-hydrogen) atoms. The molecule has 1 saturated carbocycles. The third kappa shape index (κ3) is 8.41. The highest BCUT2D eigenvalue weighted by atomic mass is 32.2. The van der Waals surface area contributed by atoms with Crippen LogP contribution < -0.4 is 10.0 Å². The first-order valence-electron chi connectivity index (χ1n) is 12.8. The van der Waals surface area contributed by atoms with Crippen LogP contribution in [0.4, 0.5) is 0 Å². The molecule has 0 aromatic heterocycles. The molecule has 1 aliphatic rings. The standard InChI is InChI=1S/C27H36N2O6S/c30-25(31)19-24(29-36(34,35)23-17-16-20-12-10-11-15-22(20)18-23)27(33)28-26(32)21-13-8-6-4-2-1-3-5-7-9-14-21/h10-12,15-18,21,24,29H,1-9,13-14,19H2,(H,30,31)(H,28,32,33)/t24-/m0/s1. The zero-order chi connectivity index (χ0) is 26.0. The number of carboxylic acid groups (broad SMARTS) is 1. The summed E-state index contributed by atoms with van der Waals surface area (Å²) in [6, 6.07) is 10.1. The van der Waals surface area contributed by atoms with Gasteiger partial charge in [-0.15, -0.1) is 0 Å². The van der Waals surface area contributed by atoms with Crippen molar-refractivity contribution < 1.29 is 27.9 Å². The molecule has 1 atom stereocenters. The minimum atomic E-state index is -4.21. The summed E-state index contributed by atoms with van der Waals surface area (Å²) in [7, 11) is -4.21. The number of hydrogen-bond donors (Lipinski definition) is 3. The molecule has 0 saturated heterocycles. The quantitative estimate of drug-likeness (QED) is 0.496. The monoisotopic (exact) mass is 516 g/mol. The number of sulfonamides is 1. The lowest BCUT2D eigenvalue weighted by molar-refractivity contribution is -0.141. The molecule has 1 fully saturated rings. The van der Waals surface area contributed by atoms with Gasteiger partial charge in [0.15, 0.2) is 0 Å². The van der Waals surface area contributed by atoms with Gasteiger partial charge in [0.05, 0.1) is 11.3 Å². The molecule has 8 nitrogen and oxygen atoms in total. The predicted molar refractivity (Wildman–Crippen MR) is 138 cm³/mol. The van der Waals surface area contributed by atoms with Crippen LogP contribution in [-0.2, 0) is 24.4 Å². The number of fused-ring (bicyclic) bond motifs is 1. The van der Waals surface area contributed by atoms with Gasteiger partial charge in [0, 0.05) is 5.92 Å². The molecule has 1 aliphatic carbocycles. The second-order valence-corrected chi connectivity index (χ2v) is 11.3. The van der Waals surface area contributed by atoms with Crippen molar-refractivity contribution in [2.75, 3.05) is 0 Å². The van der Waals surface area contributed by atoms with E-state index in [1.807, 2.05) is 12.1 Å². The number of aliphatic carboxylic acids is 1. The number of amides is 2. The average Bonchev–Trinajstić information content (AvgIpc) is 2.83. The topological polar surface area (TPSA) is 130 Å². The van der Waals surface area contributed by atoms with Gasteiger partial charge in [0.1, 0.15) is 6.04 Å². The molecule has 0 aliphatic heterocycles. The van der Waals surface area contributed by atoms with Gasteiger partial charge >= 0.3 is 5.97 Å². The largest absolute Gasteiger partial charge is 0.481 e. The molecule has 196 valence electrons. The molecule has 3 N–H and O–H groups in total.